The average Bonchev–Trinajstić information content (AvgIpc) is 3.03. The van der Waals surface area contributed by atoms with E-state index in [1.165, 1.54) is 6.42 Å². The Kier molecular flexibility index (Phi) is 2.39. The van der Waals surface area contributed by atoms with Gasteiger partial charge in [0.25, 0.3) is 0 Å². The van der Waals surface area contributed by atoms with Crippen LogP contribution in [0.25, 0.3) is 0 Å². The van der Waals surface area contributed by atoms with Gasteiger partial charge in [-0.15, -0.1) is 0 Å². The molecule has 4 aliphatic carbocycles. The van der Waals surface area contributed by atoms with Crippen molar-refractivity contribution in [3.8, 4) is 0 Å². The summed E-state index contributed by atoms with van der Waals surface area (Å²) in [5, 5.41) is 0. The molecule has 2 saturated carbocycles. The van der Waals surface area contributed by atoms with E-state index in [0.717, 1.165) is 11.4 Å². The number of fused-ring (bicyclic) bond motifs is 2. The second kappa shape index (κ2) is 4.06. The number of hydrogen-bond acceptors (Lipinski definition) is 4. The Morgan fingerprint density at radius 1 is 0.905 bits per heavy atom. The number of hydrogen-bond donors (Lipinski definition) is 6. The monoisotopic (exact) mass is 290 g/mol. The van der Waals surface area contributed by atoms with Crippen LogP contribution in [0.1, 0.15) is 6.42 Å². The number of hydrazine groups is 2. The third-order valence-electron chi connectivity index (χ3n) is 5.41. The van der Waals surface area contributed by atoms with Crippen LogP contribution < -0.4 is 33.2 Å². The molecule has 8 N–H and O–H groups in total. The van der Waals surface area contributed by atoms with Crippen LogP contribution in [0.15, 0.2) is 23.5 Å². The molecule has 21 heavy (non-hydrogen) atoms. The van der Waals surface area contributed by atoms with Gasteiger partial charge in [-0.05, 0) is 30.1 Å². The van der Waals surface area contributed by atoms with Crippen LogP contribution in [0.4, 0.5) is 9.59 Å². The topological polar surface area (TPSA) is 134 Å². The molecule has 8 heteroatoms. The lowest BCUT2D eigenvalue weighted by Gasteiger charge is -2.30. The zero-order chi connectivity index (χ0) is 14.7. The predicted octanol–water partition coefficient (Wildman–Crippen LogP) is -0.758. The lowest BCUT2D eigenvalue weighted by atomic mass is 9.77. The first-order valence-corrected chi connectivity index (χ1v) is 7.12. The first kappa shape index (κ1) is 12.4. The summed E-state index contributed by atoms with van der Waals surface area (Å²) in [4.78, 5) is 21.8. The average molecular weight is 290 g/mol. The molecule has 4 amide bonds. The van der Waals surface area contributed by atoms with Crippen molar-refractivity contribution in [2.24, 2.45) is 47.0 Å². The third-order valence-corrected chi connectivity index (χ3v) is 5.41. The molecule has 0 unspecified atom stereocenters. The van der Waals surface area contributed by atoms with Gasteiger partial charge in [0.2, 0.25) is 0 Å². The van der Waals surface area contributed by atoms with E-state index < -0.39 is 12.1 Å². The Morgan fingerprint density at radius 3 is 1.71 bits per heavy atom. The number of nitrogens with two attached hydrogens (primary N) is 2. The predicted molar refractivity (Wildman–Crippen MR) is 73.4 cm³/mol. The van der Waals surface area contributed by atoms with Crippen LogP contribution in [-0.4, -0.2) is 12.1 Å². The Balaban J connectivity index is 1.55. The smallest absolute Gasteiger partial charge is 0.330 e. The summed E-state index contributed by atoms with van der Waals surface area (Å²) in [7, 11) is 0. The van der Waals surface area contributed by atoms with Gasteiger partial charge in [-0.1, -0.05) is 12.2 Å². The molecule has 0 aromatic heterocycles. The molecule has 4 aliphatic rings. The van der Waals surface area contributed by atoms with Crippen LogP contribution in [0.3, 0.4) is 0 Å². The molecule has 6 atom stereocenters. The molecular weight excluding hydrogens is 272 g/mol. The maximum atomic E-state index is 10.9. The SMILES string of the molecule is NC(=O)NNC1=C[C@H]2[C@H]3C=C(NNC(N)=O)[C@@H]4[C@H]3C[C@H]2[C@@H]14. The van der Waals surface area contributed by atoms with Crippen molar-refractivity contribution >= 4 is 12.1 Å². The highest BCUT2D eigenvalue weighted by atomic mass is 16.2. The number of nitrogens with one attached hydrogen (secondary N) is 4. The largest absolute Gasteiger partial charge is 0.350 e. The lowest BCUT2D eigenvalue weighted by Crippen LogP contribution is -2.45. The summed E-state index contributed by atoms with van der Waals surface area (Å²) >= 11 is 0. The van der Waals surface area contributed by atoms with Crippen molar-refractivity contribution in [1.82, 2.24) is 21.7 Å². The summed E-state index contributed by atoms with van der Waals surface area (Å²) in [5.41, 5.74) is 23.1. The van der Waals surface area contributed by atoms with Crippen molar-refractivity contribution in [3.63, 3.8) is 0 Å². The minimum atomic E-state index is -0.598. The van der Waals surface area contributed by atoms with Crippen molar-refractivity contribution in [3.05, 3.63) is 23.5 Å². The number of urea groups is 2. The van der Waals surface area contributed by atoms with Crippen LogP contribution in [-0.2, 0) is 0 Å². The quantitative estimate of drug-likeness (QED) is 0.379. The van der Waals surface area contributed by atoms with E-state index in [4.69, 9.17) is 11.5 Å². The molecular formula is C13H18N6O2. The third kappa shape index (κ3) is 1.61. The first-order chi connectivity index (χ1) is 10.1. The normalized spacial score (nSPS) is 40.6. The maximum Gasteiger partial charge on any atom is 0.330 e. The van der Waals surface area contributed by atoms with Gasteiger partial charge in [0.1, 0.15) is 0 Å². The van der Waals surface area contributed by atoms with Crippen LogP contribution in [0.2, 0.25) is 0 Å². The second-order valence-corrected chi connectivity index (χ2v) is 6.24. The van der Waals surface area contributed by atoms with Gasteiger partial charge in [-0.2, -0.15) is 0 Å². The van der Waals surface area contributed by atoms with Crippen molar-refractivity contribution in [1.29, 1.82) is 0 Å². The van der Waals surface area contributed by atoms with Crippen LogP contribution in [0.5, 0.6) is 0 Å². The molecule has 0 aliphatic heterocycles. The number of allylic oxidation sites excluding steroid dienone is 4. The van der Waals surface area contributed by atoms with Crippen molar-refractivity contribution in [2.45, 2.75) is 6.42 Å². The van der Waals surface area contributed by atoms with Gasteiger partial charge in [0.15, 0.2) is 0 Å². The summed E-state index contributed by atoms with van der Waals surface area (Å²) in [6, 6.07) is -1.20. The zero-order valence-electron chi connectivity index (χ0n) is 11.3. The highest BCUT2D eigenvalue weighted by molar-refractivity contribution is 5.71. The summed E-state index contributed by atoms with van der Waals surface area (Å²) in [5.74, 6) is 2.87. The lowest BCUT2D eigenvalue weighted by molar-refractivity contribution is 0.228. The Labute approximate surface area is 121 Å². The maximum absolute atomic E-state index is 10.9. The highest BCUT2D eigenvalue weighted by Gasteiger charge is 2.64. The first-order valence-electron chi connectivity index (χ1n) is 7.12. The van der Waals surface area contributed by atoms with Crippen LogP contribution in [0, 0.1) is 35.5 Å². The van der Waals surface area contributed by atoms with Gasteiger partial charge in [-0.3, -0.25) is 10.9 Å². The Hall–Kier alpha value is -2.38. The van der Waals surface area contributed by atoms with Crippen molar-refractivity contribution < 1.29 is 9.59 Å². The molecule has 2 fully saturated rings. The standard InChI is InChI=1S/C13H18N6O2/c14-12(20)18-16-8-2-4-5-3-9(17-19-13(15)21)11-7(5)1-6(4)10(8)11/h2-7,10-11,16-17H,1H2,(H3,14,18,20)(H3,15,19,21)/t4-,5+,6+,7-,10-,11-/m0/s1. The van der Waals surface area contributed by atoms with E-state index in [-0.39, 0.29) is 0 Å². The molecule has 0 aromatic rings. The van der Waals surface area contributed by atoms with E-state index in [1.807, 2.05) is 0 Å². The number of primary amides is 2. The summed E-state index contributed by atoms with van der Waals surface area (Å²) in [6.45, 7) is 0. The fourth-order valence-electron chi connectivity index (χ4n) is 4.98. The summed E-state index contributed by atoms with van der Waals surface area (Å²) in [6.07, 6.45) is 5.64. The fraction of sp³-hybridized carbons (Fsp3) is 0.538. The molecule has 112 valence electrons. The molecule has 0 radical (unpaired) electrons. The van der Waals surface area contributed by atoms with Gasteiger partial charge in [0, 0.05) is 23.2 Å². The fourth-order valence-corrected chi connectivity index (χ4v) is 4.98. The molecule has 0 spiro atoms. The van der Waals surface area contributed by atoms with E-state index in [9.17, 15) is 9.59 Å². The highest BCUT2D eigenvalue weighted by Crippen LogP contribution is 2.68. The number of carbonyl (C=O) groups is 2. The molecule has 0 heterocycles. The minimum Gasteiger partial charge on any atom is -0.350 e. The Bertz CT molecular complexity index is 535. The Morgan fingerprint density at radius 2 is 1.33 bits per heavy atom. The zero-order valence-corrected chi connectivity index (χ0v) is 11.3. The number of carbonyl (C=O) groups excluding carboxylic acids is 2. The van der Waals surface area contributed by atoms with Gasteiger partial charge in [-0.25, -0.2) is 9.59 Å². The summed E-state index contributed by atoms with van der Waals surface area (Å²) < 4.78 is 0. The van der Waals surface area contributed by atoms with Gasteiger partial charge >= 0.3 is 12.1 Å². The van der Waals surface area contributed by atoms with E-state index in [2.05, 4.69) is 33.9 Å². The van der Waals surface area contributed by atoms with Gasteiger partial charge < -0.3 is 22.3 Å². The molecule has 0 saturated heterocycles. The van der Waals surface area contributed by atoms with Crippen molar-refractivity contribution in [2.75, 3.05) is 0 Å². The van der Waals surface area contributed by atoms with Gasteiger partial charge in [0.05, 0.1) is 0 Å². The second-order valence-electron chi connectivity index (χ2n) is 6.24. The molecule has 2 bridgehead atoms. The molecule has 0 aromatic carbocycles. The van der Waals surface area contributed by atoms with E-state index in [0.29, 0.717) is 35.5 Å². The molecule has 8 nitrogen and oxygen atoms in total. The number of amides is 4. The van der Waals surface area contributed by atoms with E-state index >= 15 is 0 Å². The van der Waals surface area contributed by atoms with Crippen LogP contribution >= 0.6 is 0 Å². The van der Waals surface area contributed by atoms with E-state index in [1.54, 1.807) is 0 Å². The number of rotatable bonds is 4. The minimum absolute atomic E-state index is 0.332. The molecule has 4 rings (SSSR count).